The molecule has 1 atom stereocenters. The summed E-state index contributed by atoms with van der Waals surface area (Å²) in [6.07, 6.45) is 1.81. The van der Waals surface area contributed by atoms with Crippen LogP contribution in [0.2, 0.25) is 0 Å². The number of hydrogen-bond acceptors (Lipinski definition) is 4. The monoisotopic (exact) mass is 328 g/mol. The first-order valence-corrected chi connectivity index (χ1v) is 8.76. The van der Waals surface area contributed by atoms with Crippen LogP contribution in [0.1, 0.15) is 54.4 Å². The van der Waals surface area contributed by atoms with E-state index in [9.17, 15) is 4.79 Å². The predicted octanol–water partition coefficient (Wildman–Crippen LogP) is 3.28. The minimum absolute atomic E-state index is 0.188. The highest BCUT2D eigenvalue weighted by Gasteiger charge is 2.34. The summed E-state index contributed by atoms with van der Waals surface area (Å²) in [6, 6.07) is 0.376. The molecule has 1 aliphatic rings. The summed E-state index contributed by atoms with van der Waals surface area (Å²) >= 11 is 0. The summed E-state index contributed by atoms with van der Waals surface area (Å²) in [7, 11) is 1.75. The van der Waals surface area contributed by atoms with Gasteiger partial charge in [0.2, 0.25) is 0 Å². The number of methoxy groups -OCH3 is 1. The van der Waals surface area contributed by atoms with Gasteiger partial charge in [-0.2, -0.15) is 0 Å². The van der Waals surface area contributed by atoms with Gasteiger partial charge in [0.25, 0.3) is 0 Å². The number of rotatable bonds is 6. The lowest BCUT2D eigenvalue weighted by Crippen LogP contribution is -2.49. The lowest BCUT2D eigenvalue weighted by Gasteiger charge is -2.40. The van der Waals surface area contributed by atoms with Gasteiger partial charge in [0.05, 0.1) is 6.61 Å². The highest BCUT2D eigenvalue weighted by Crippen LogP contribution is 2.31. The zero-order chi connectivity index (χ0) is 17.7. The Bertz CT molecular complexity index is 369. The fourth-order valence-electron chi connectivity index (χ4n) is 2.78. The third-order valence-corrected chi connectivity index (χ3v) is 4.56. The van der Waals surface area contributed by atoms with Crippen molar-refractivity contribution in [3.05, 3.63) is 0 Å². The highest BCUT2D eigenvalue weighted by molar-refractivity contribution is 5.68. The molecule has 1 unspecified atom stereocenters. The van der Waals surface area contributed by atoms with Gasteiger partial charge in [-0.15, -0.1) is 0 Å². The van der Waals surface area contributed by atoms with Gasteiger partial charge in [-0.25, -0.2) is 4.79 Å². The average molecular weight is 328 g/mol. The van der Waals surface area contributed by atoms with E-state index in [4.69, 9.17) is 9.47 Å². The van der Waals surface area contributed by atoms with Gasteiger partial charge in [-0.3, -0.25) is 0 Å². The van der Waals surface area contributed by atoms with Crippen molar-refractivity contribution in [3.63, 3.8) is 0 Å². The molecule has 0 saturated carbocycles. The van der Waals surface area contributed by atoms with Crippen LogP contribution in [0, 0.1) is 11.3 Å². The van der Waals surface area contributed by atoms with Crippen LogP contribution in [0.3, 0.4) is 0 Å². The molecular weight excluding hydrogens is 292 g/mol. The van der Waals surface area contributed by atoms with Gasteiger partial charge in [0.1, 0.15) is 5.60 Å². The van der Waals surface area contributed by atoms with Crippen molar-refractivity contribution >= 4 is 6.09 Å². The van der Waals surface area contributed by atoms with Crippen LogP contribution < -0.4 is 5.32 Å². The number of ether oxygens (including phenoxy) is 2. The molecule has 0 aromatic carbocycles. The number of carbonyl (C=O) groups excluding carboxylic acids is 1. The van der Waals surface area contributed by atoms with E-state index in [1.165, 1.54) is 0 Å². The second kappa shape index (κ2) is 8.34. The van der Waals surface area contributed by atoms with Gasteiger partial charge < -0.3 is 19.7 Å². The molecule has 1 aliphatic heterocycles. The normalized spacial score (nSPS) is 19.7. The van der Waals surface area contributed by atoms with Crippen molar-refractivity contribution in [2.24, 2.45) is 11.3 Å². The van der Waals surface area contributed by atoms with E-state index in [1.807, 2.05) is 25.7 Å². The first-order chi connectivity index (χ1) is 10.6. The summed E-state index contributed by atoms with van der Waals surface area (Å²) in [4.78, 5) is 14.0. The first kappa shape index (κ1) is 20.2. The number of nitrogens with one attached hydrogen (secondary N) is 1. The summed E-state index contributed by atoms with van der Waals surface area (Å²) in [5.41, 5.74) is -0.205. The number of likely N-dealkylation sites (tertiary alicyclic amines) is 1. The minimum Gasteiger partial charge on any atom is -0.444 e. The van der Waals surface area contributed by atoms with Crippen molar-refractivity contribution in [1.29, 1.82) is 0 Å². The van der Waals surface area contributed by atoms with E-state index in [0.717, 1.165) is 39.1 Å². The van der Waals surface area contributed by atoms with Gasteiger partial charge in [-0.05, 0) is 44.9 Å². The molecule has 1 rings (SSSR count). The molecule has 1 N–H and O–H groups in total. The minimum atomic E-state index is -0.427. The summed E-state index contributed by atoms with van der Waals surface area (Å²) in [6.45, 7) is 15.7. The third kappa shape index (κ3) is 7.08. The topological polar surface area (TPSA) is 50.8 Å². The van der Waals surface area contributed by atoms with Crippen LogP contribution >= 0.6 is 0 Å². The Hall–Kier alpha value is -0.810. The van der Waals surface area contributed by atoms with E-state index in [-0.39, 0.29) is 11.5 Å². The van der Waals surface area contributed by atoms with Gasteiger partial charge in [0.15, 0.2) is 0 Å². The second-order valence-corrected chi connectivity index (χ2v) is 8.46. The molecule has 0 radical (unpaired) electrons. The maximum atomic E-state index is 12.1. The Balaban J connectivity index is 2.45. The molecule has 0 aromatic heterocycles. The highest BCUT2D eigenvalue weighted by atomic mass is 16.6. The number of hydrogen-bond donors (Lipinski definition) is 1. The molecule has 0 spiro atoms. The third-order valence-electron chi connectivity index (χ3n) is 4.56. The molecule has 5 heteroatoms. The number of piperidine rings is 1. The Morgan fingerprint density at radius 2 is 1.83 bits per heavy atom. The van der Waals surface area contributed by atoms with Gasteiger partial charge in [-0.1, -0.05) is 20.8 Å². The number of nitrogens with zero attached hydrogens (tertiary/aromatic N) is 1. The maximum Gasteiger partial charge on any atom is 0.410 e. The Morgan fingerprint density at radius 3 is 2.26 bits per heavy atom. The van der Waals surface area contributed by atoms with Crippen molar-refractivity contribution in [3.8, 4) is 0 Å². The van der Waals surface area contributed by atoms with Crippen molar-refractivity contribution in [1.82, 2.24) is 10.2 Å². The van der Waals surface area contributed by atoms with Crippen LogP contribution in [0.5, 0.6) is 0 Å². The van der Waals surface area contributed by atoms with Crippen LogP contribution in [0.15, 0.2) is 0 Å². The van der Waals surface area contributed by atoms with E-state index in [2.05, 4.69) is 26.1 Å². The largest absolute Gasteiger partial charge is 0.444 e. The van der Waals surface area contributed by atoms with Gasteiger partial charge in [0, 0.05) is 32.8 Å². The zero-order valence-corrected chi connectivity index (χ0v) is 16.1. The molecule has 0 aromatic rings. The standard InChI is InChI=1S/C18H36N2O3/c1-14(2)15(12-22-7)19-13-18(6)8-10-20(11-9-18)16(21)23-17(3,4)5/h14-15,19H,8-13H2,1-7H3. The summed E-state index contributed by atoms with van der Waals surface area (Å²) < 4.78 is 10.8. The second-order valence-electron chi connectivity index (χ2n) is 8.46. The smallest absolute Gasteiger partial charge is 0.410 e. The van der Waals surface area contributed by atoms with Crippen molar-refractivity contribution in [2.45, 2.75) is 66.0 Å². The van der Waals surface area contributed by atoms with E-state index >= 15 is 0 Å². The maximum absolute atomic E-state index is 12.1. The van der Waals surface area contributed by atoms with E-state index in [0.29, 0.717) is 12.0 Å². The molecule has 1 heterocycles. The quantitative estimate of drug-likeness (QED) is 0.813. The zero-order valence-electron chi connectivity index (χ0n) is 16.1. The van der Waals surface area contributed by atoms with Crippen molar-refractivity contribution < 1.29 is 14.3 Å². The number of amides is 1. The average Bonchev–Trinajstić information content (AvgIpc) is 2.42. The molecular formula is C18H36N2O3. The van der Waals surface area contributed by atoms with Crippen LogP contribution in [0.4, 0.5) is 4.79 Å². The fraction of sp³-hybridized carbons (Fsp3) is 0.944. The Labute approximate surface area is 142 Å². The molecule has 1 saturated heterocycles. The molecule has 0 aliphatic carbocycles. The lowest BCUT2D eigenvalue weighted by molar-refractivity contribution is 0.0112. The predicted molar refractivity (Wildman–Crippen MR) is 93.7 cm³/mol. The first-order valence-electron chi connectivity index (χ1n) is 8.76. The van der Waals surface area contributed by atoms with Crippen molar-refractivity contribution in [2.75, 3.05) is 33.4 Å². The Morgan fingerprint density at radius 1 is 1.26 bits per heavy atom. The van der Waals surface area contributed by atoms with Crippen LogP contribution in [0.25, 0.3) is 0 Å². The van der Waals surface area contributed by atoms with Crippen LogP contribution in [-0.2, 0) is 9.47 Å². The van der Waals surface area contributed by atoms with E-state index < -0.39 is 5.60 Å². The molecule has 1 fully saturated rings. The molecule has 23 heavy (non-hydrogen) atoms. The van der Waals surface area contributed by atoms with Crippen LogP contribution in [-0.4, -0.2) is 56.0 Å². The van der Waals surface area contributed by atoms with Gasteiger partial charge >= 0.3 is 6.09 Å². The molecule has 0 bridgehead atoms. The lowest BCUT2D eigenvalue weighted by atomic mass is 9.80. The van der Waals surface area contributed by atoms with E-state index in [1.54, 1.807) is 7.11 Å². The fourth-order valence-corrected chi connectivity index (χ4v) is 2.78. The molecule has 136 valence electrons. The summed E-state index contributed by atoms with van der Waals surface area (Å²) in [5.74, 6) is 0.542. The molecule has 1 amide bonds. The molecule has 5 nitrogen and oxygen atoms in total. The SMILES string of the molecule is COCC(NCC1(C)CCN(C(=O)OC(C)(C)C)CC1)C(C)C. The summed E-state index contributed by atoms with van der Waals surface area (Å²) in [5, 5.41) is 3.65. The number of carbonyl (C=O) groups is 1. The Kier molecular flexibility index (Phi) is 7.33.